The fourth-order valence-electron chi connectivity index (χ4n) is 1.63. The molecule has 1 N–H and O–H groups in total. The van der Waals surface area contributed by atoms with Gasteiger partial charge >= 0.3 is 5.97 Å². The maximum atomic E-state index is 12.0. The van der Waals surface area contributed by atoms with Gasteiger partial charge in [0.1, 0.15) is 11.8 Å². The molecule has 0 spiro atoms. The number of cyclic esters (lactones) is 1. The zero-order chi connectivity index (χ0) is 13.3. The summed E-state index contributed by atoms with van der Waals surface area (Å²) in [4.78, 5) is 11.5. The summed E-state index contributed by atoms with van der Waals surface area (Å²) in [6, 6.07) is 5.49. The van der Waals surface area contributed by atoms with Gasteiger partial charge in [0.2, 0.25) is 10.0 Å². The molecule has 2 rings (SSSR count). The van der Waals surface area contributed by atoms with Crippen LogP contribution in [0.15, 0.2) is 41.5 Å². The monoisotopic (exact) mass is 267 g/mol. The van der Waals surface area contributed by atoms with E-state index in [-0.39, 0.29) is 17.1 Å². The van der Waals surface area contributed by atoms with Gasteiger partial charge in [0.15, 0.2) is 0 Å². The van der Waals surface area contributed by atoms with Crippen LogP contribution in [0.5, 0.6) is 0 Å². The van der Waals surface area contributed by atoms with Gasteiger partial charge < -0.3 is 4.74 Å². The second-order valence-electron chi connectivity index (χ2n) is 4.15. The van der Waals surface area contributed by atoms with Gasteiger partial charge in [-0.3, -0.25) is 0 Å². The minimum Gasteiger partial charge on any atom is -0.430 e. The minimum absolute atomic E-state index is 0.124. The van der Waals surface area contributed by atoms with Crippen molar-refractivity contribution in [3.05, 3.63) is 42.2 Å². The molecule has 0 saturated carbocycles. The molecule has 1 fully saturated rings. The first-order valence-electron chi connectivity index (χ1n) is 5.37. The van der Waals surface area contributed by atoms with E-state index in [4.69, 9.17) is 4.74 Å². The van der Waals surface area contributed by atoms with Gasteiger partial charge in [-0.15, -0.1) is 0 Å². The van der Waals surface area contributed by atoms with Crippen LogP contribution in [0.4, 0.5) is 0 Å². The van der Waals surface area contributed by atoms with E-state index in [9.17, 15) is 13.2 Å². The number of nitrogens with one attached hydrogen (secondary N) is 1. The molecule has 0 radical (unpaired) electrons. The van der Waals surface area contributed by atoms with E-state index in [0.717, 1.165) is 5.56 Å². The van der Waals surface area contributed by atoms with E-state index >= 15 is 0 Å². The van der Waals surface area contributed by atoms with Gasteiger partial charge in [0.05, 0.1) is 4.90 Å². The van der Waals surface area contributed by atoms with Crippen molar-refractivity contribution in [1.82, 2.24) is 4.72 Å². The zero-order valence-electron chi connectivity index (χ0n) is 9.84. The fourth-order valence-corrected chi connectivity index (χ4v) is 2.81. The van der Waals surface area contributed by atoms with E-state index < -0.39 is 22.0 Å². The summed E-state index contributed by atoms with van der Waals surface area (Å²) in [6.45, 7) is 5.35. The number of hydrogen-bond donors (Lipinski definition) is 1. The molecule has 6 heteroatoms. The number of aryl methyl sites for hydroxylation is 1. The maximum Gasteiger partial charge on any atom is 0.329 e. The van der Waals surface area contributed by atoms with Crippen molar-refractivity contribution in [2.75, 3.05) is 0 Å². The van der Waals surface area contributed by atoms with Crippen LogP contribution >= 0.6 is 0 Å². The first kappa shape index (κ1) is 12.8. The molecule has 1 heterocycles. The van der Waals surface area contributed by atoms with Crippen LogP contribution in [0.3, 0.4) is 0 Å². The van der Waals surface area contributed by atoms with Crippen LogP contribution in [-0.4, -0.2) is 20.4 Å². The van der Waals surface area contributed by atoms with Crippen LogP contribution in [0.2, 0.25) is 0 Å². The van der Waals surface area contributed by atoms with Crippen molar-refractivity contribution in [2.24, 2.45) is 0 Å². The first-order chi connectivity index (χ1) is 8.38. The van der Waals surface area contributed by atoms with Crippen LogP contribution in [0.1, 0.15) is 12.0 Å². The molecule has 5 nitrogen and oxygen atoms in total. The molecule has 0 aromatic heterocycles. The number of sulfonamides is 1. The summed E-state index contributed by atoms with van der Waals surface area (Å²) in [5, 5.41) is 0. The molecule has 96 valence electrons. The molecule has 1 saturated heterocycles. The maximum absolute atomic E-state index is 12.0. The topological polar surface area (TPSA) is 72.5 Å². The van der Waals surface area contributed by atoms with E-state index in [1.165, 1.54) is 12.1 Å². The Kier molecular flexibility index (Phi) is 3.23. The molecule has 1 aromatic rings. The summed E-state index contributed by atoms with van der Waals surface area (Å²) in [7, 11) is -3.71. The molecule has 1 aromatic carbocycles. The van der Waals surface area contributed by atoms with E-state index in [1.54, 1.807) is 12.1 Å². The first-order valence-corrected chi connectivity index (χ1v) is 6.85. The third kappa shape index (κ3) is 2.60. The van der Waals surface area contributed by atoms with E-state index in [1.807, 2.05) is 6.92 Å². The molecule has 0 unspecified atom stereocenters. The predicted octanol–water partition coefficient (Wildman–Crippen LogP) is 1.10. The Morgan fingerprint density at radius 2 is 1.94 bits per heavy atom. The third-order valence-corrected chi connectivity index (χ3v) is 4.08. The summed E-state index contributed by atoms with van der Waals surface area (Å²) in [5.41, 5.74) is 0.961. The second-order valence-corrected chi connectivity index (χ2v) is 5.86. The Balaban J connectivity index is 2.20. The molecular weight excluding hydrogens is 254 g/mol. The average Bonchev–Trinajstić information content (AvgIpc) is 2.57. The van der Waals surface area contributed by atoms with E-state index in [2.05, 4.69) is 11.3 Å². The lowest BCUT2D eigenvalue weighted by atomic mass is 10.2. The predicted molar refractivity (Wildman–Crippen MR) is 65.1 cm³/mol. The summed E-state index contributed by atoms with van der Waals surface area (Å²) in [6.07, 6.45) is 0.171. The quantitative estimate of drug-likeness (QED) is 0.832. The highest BCUT2D eigenvalue weighted by atomic mass is 32.2. The minimum atomic E-state index is -3.71. The Bertz CT molecular complexity index is 589. The van der Waals surface area contributed by atoms with Crippen LogP contribution in [0, 0.1) is 6.92 Å². The Morgan fingerprint density at radius 1 is 1.33 bits per heavy atom. The number of ether oxygens (including phenoxy) is 1. The highest BCUT2D eigenvalue weighted by Gasteiger charge is 2.33. The van der Waals surface area contributed by atoms with Crippen molar-refractivity contribution in [3.63, 3.8) is 0 Å². The van der Waals surface area contributed by atoms with Gasteiger partial charge in [0, 0.05) is 6.42 Å². The summed E-state index contributed by atoms with van der Waals surface area (Å²) < 4.78 is 31.0. The molecule has 0 aliphatic carbocycles. The molecular formula is C12H13NO4S. The molecule has 18 heavy (non-hydrogen) atoms. The van der Waals surface area contributed by atoms with E-state index in [0.29, 0.717) is 0 Å². The lowest BCUT2D eigenvalue weighted by Crippen LogP contribution is -2.37. The number of carbonyl (C=O) groups excluding carboxylic acids is 1. The number of carbonyl (C=O) groups is 1. The fraction of sp³-hybridized carbons (Fsp3) is 0.250. The van der Waals surface area contributed by atoms with Crippen molar-refractivity contribution >= 4 is 16.0 Å². The summed E-state index contributed by atoms with van der Waals surface area (Å²) >= 11 is 0. The van der Waals surface area contributed by atoms with Gasteiger partial charge in [-0.05, 0) is 19.1 Å². The van der Waals surface area contributed by atoms with Crippen molar-refractivity contribution < 1.29 is 17.9 Å². The van der Waals surface area contributed by atoms with Gasteiger partial charge in [-0.2, -0.15) is 4.72 Å². The van der Waals surface area contributed by atoms with Gasteiger partial charge in [-0.1, -0.05) is 24.3 Å². The van der Waals surface area contributed by atoms with Crippen LogP contribution in [0.25, 0.3) is 0 Å². The van der Waals surface area contributed by atoms with Crippen molar-refractivity contribution in [3.8, 4) is 0 Å². The average molecular weight is 267 g/mol. The lowest BCUT2D eigenvalue weighted by molar-refractivity contribution is -0.136. The smallest absolute Gasteiger partial charge is 0.329 e. The zero-order valence-corrected chi connectivity index (χ0v) is 10.7. The molecule has 0 bridgehead atoms. The Hall–Kier alpha value is -1.66. The third-order valence-electron chi connectivity index (χ3n) is 2.59. The summed E-state index contributed by atoms with van der Waals surface area (Å²) in [5.74, 6) is -0.340. The van der Waals surface area contributed by atoms with Crippen LogP contribution in [-0.2, 0) is 19.6 Å². The lowest BCUT2D eigenvalue weighted by Gasteiger charge is -2.09. The molecule has 1 atom stereocenters. The van der Waals surface area contributed by atoms with Gasteiger partial charge in [-0.25, -0.2) is 13.2 Å². The highest BCUT2D eigenvalue weighted by Crippen LogP contribution is 2.19. The Labute approximate surface area is 106 Å². The molecule has 1 aliphatic heterocycles. The largest absolute Gasteiger partial charge is 0.430 e. The number of esters is 1. The van der Waals surface area contributed by atoms with Crippen molar-refractivity contribution in [2.45, 2.75) is 24.3 Å². The van der Waals surface area contributed by atoms with Gasteiger partial charge in [0.25, 0.3) is 0 Å². The highest BCUT2D eigenvalue weighted by molar-refractivity contribution is 7.89. The SMILES string of the molecule is C=C1C[C@@H](NS(=O)(=O)c2ccc(C)cc2)C(=O)O1. The number of rotatable bonds is 3. The Morgan fingerprint density at radius 3 is 2.44 bits per heavy atom. The second kappa shape index (κ2) is 4.55. The van der Waals surface area contributed by atoms with Crippen molar-refractivity contribution in [1.29, 1.82) is 0 Å². The molecule has 1 aliphatic rings. The molecule has 0 amide bonds. The number of hydrogen-bond acceptors (Lipinski definition) is 4. The standard InChI is InChI=1S/C12H13NO4S/c1-8-3-5-10(6-4-8)18(15,16)13-11-7-9(2)17-12(11)14/h3-6,11,13H,2,7H2,1H3/t11-/m1/s1. The normalized spacial score (nSPS) is 19.9. The number of benzene rings is 1. The van der Waals surface area contributed by atoms with Crippen LogP contribution < -0.4 is 4.72 Å².